The third-order valence-electron chi connectivity index (χ3n) is 5.23. The number of carbonyl (C=O) groups excluding carboxylic acids is 1. The minimum atomic E-state index is -0.0494. The van der Waals surface area contributed by atoms with Crippen LogP contribution in [0.1, 0.15) is 36.6 Å². The molecule has 0 saturated heterocycles. The number of amides is 1. The molecule has 1 aliphatic rings. The Bertz CT molecular complexity index is 1020. The average molecular weight is 400 g/mol. The van der Waals surface area contributed by atoms with Crippen molar-refractivity contribution >= 4 is 27.5 Å². The van der Waals surface area contributed by atoms with E-state index in [0.29, 0.717) is 13.1 Å². The molecule has 4 rings (SSSR count). The van der Waals surface area contributed by atoms with Crippen LogP contribution in [0.3, 0.4) is 0 Å². The smallest absolute Gasteiger partial charge is 0.262 e. The normalized spacial score (nSPS) is 14.8. The van der Waals surface area contributed by atoms with Crippen LogP contribution >= 0.6 is 11.3 Å². The maximum absolute atomic E-state index is 12.9. The van der Waals surface area contributed by atoms with Gasteiger partial charge in [-0.2, -0.15) is 5.10 Å². The van der Waals surface area contributed by atoms with Crippen LogP contribution in [0.25, 0.3) is 10.2 Å². The van der Waals surface area contributed by atoms with Crippen molar-refractivity contribution in [3.63, 3.8) is 0 Å². The second-order valence-electron chi connectivity index (χ2n) is 7.52. The van der Waals surface area contributed by atoms with Gasteiger partial charge in [-0.25, -0.2) is 4.98 Å². The number of hydrogen-bond acceptors (Lipinski definition) is 5. The van der Waals surface area contributed by atoms with E-state index in [1.165, 1.54) is 16.9 Å². The molecule has 0 radical (unpaired) electrons. The number of thiophene rings is 1. The molecule has 3 aromatic rings. The van der Waals surface area contributed by atoms with Crippen molar-refractivity contribution in [2.75, 3.05) is 6.54 Å². The maximum atomic E-state index is 12.9. The first-order chi connectivity index (χ1) is 13.6. The highest BCUT2D eigenvalue weighted by molar-refractivity contribution is 7.18. The summed E-state index contributed by atoms with van der Waals surface area (Å²) in [6.45, 7) is 3.77. The van der Waals surface area contributed by atoms with Crippen molar-refractivity contribution in [3.8, 4) is 0 Å². The molecule has 1 unspecified atom stereocenters. The lowest BCUT2D eigenvalue weighted by Gasteiger charge is -2.13. The summed E-state index contributed by atoms with van der Waals surface area (Å²) in [6, 6.07) is 1.89. The van der Waals surface area contributed by atoms with Crippen LogP contribution < -0.4 is 10.9 Å². The maximum Gasteiger partial charge on any atom is 0.262 e. The van der Waals surface area contributed by atoms with Crippen LogP contribution in [0.4, 0.5) is 0 Å². The van der Waals surface area contributed by atoms with Crippen molar-refractivity contribution < 1.29 is 4.79 Å². The molecule has 3 heterocycles. The Morgan fingerprint density at radius 2 is 2.21 bits per heavy atom. The Kier molecular flexibility index (Phi) is 5.57. The van der Waals surface area contributed by atoms with Crippen LogP contribution in [0.5, 0.6) is 0 Å². The summed E-state index contributed by atoms with van der Waals surface area (Å²) in [5, 5.41) is 7.91. The molecule has 1 N–H and O–H groups in total. The summed E-state index contributed by atoms with van der Waals surface area (Å²) in [7, 11) is 0. The zero-order chi connectivity index (χ0) is 19.5. The molecule has 148 valence electrons. The summed E-state index contributed by atoms with van der Waals surface area (Å²) in [5.41, 5.74) is 1.18. The molecule has 0 fully saturated rings. The summed E-state index contributed by atoms with van der Waals surface area (Å²) in [4.78, 5) is 31.8. The van der Waals surface area contributed by atoms with Gasteiger partial charge in [-0.1, -0.05) is 6.92 Å². The molecule has 8 heteroatoms. The van der Waals surface area contributed by atoms with E-state index in [9.17, 15) is 9.59 Å². The van der Waals surface area contributed by atoms with Gasteiger partial charge in [0.25, 0.3) is 5.56 Å². The van der Waals surface area contributed by atoms with E-state index in [0.717, 1.165) is 36.0 Å². The van der Waals surface area contributed by atoms with E-state index in [4.69, 9.17) is 0 Å². The Morgan fingerprint density at radius 3 is 3.04 bits per heavy atom. The van der Waals surface area contributed by atoms with Crippen molar-refractivity contribution in [3.05, 3.63) is 45.6 Å². The molecule has 0 bridgehead atoms. The van der Waals surface area contributed by atoms with Crippen molar-refractivity contribution in [1.29, 1.82) is 0 Å². The van der Waals surface area contributed by atoms with Gasteiger partial charge in [-0.05, 0) is 43.2 Å². The first-order valence-electron chi connectivity index (χ1n) is 9.85. The molecule has 1 amide bonds. The Morgan fingerprint density at radius 1 is 1.36 bits per heavy atom. The number of rotatable bonds is 7. The Labute approximate surface area is 167 Å². The van der Waals surface area contributed by atoms with E-state index in [1.54, 1.807) is 28.4 Å². The Hall–Kier alpha value is -2.48. The van der Waals surface area contributed by atoms with Gasteiger partial charge >= 0.3 is 0 Å². The van der Waals surface area contributed by atoms with Gasteiger partial charge in [-0.15, -0.1) is 11.3 Å². The van der Waals surface area contributed by atoms with Crippen LogP contribution in [-0.4, -0.2) is 31.8 Å². The average Bonchev–Trinajstić information content (AvgIpc) is 3.33. The molecule has 3 aromatic heterocycles. The number of aryl methyl sites for hydroxylation is 3. The summed E-state index contributed by atoms with van der Waals surface area (Å²) >= 11 is 1.65. The number of hydrogen-bond donors (Lipinski definition) is 1. The molecule has 1 atom stereocenters. The fraction of sp³-hybridized carbons (Fsp3) is 0.500. The van der Waals surface area contributed by atoms with E-state index in [-0.39, 0.29) is 23.8 Å². The van der Waals surface area contributed by atoms with E-state index in [1.807, 2.05) is 16.9 Å². The molecule has 1 aliphatic carbocycles. The number of fused-ring (bicyclic) bond motifs is 3. The fourth-order valence-corrected chi connectivity index (χ4v) is 4.95. The molecule has 0 aliphatic heterocycles. The van der Waals surface area contributed by atoms with Gasteiger partial charge in [0.2, 0.25) is 5.91 Å². The minimum absolute atomic E-state index is 0.00995. The van der Waals surface area contributed by atoms with Crippen molar-refractivity contribution in [2.24, 2.45) is 5.92 Å². The first kappa shape index (κ1) is 18.9. The van der Waals surface area contributed by atoms with Crippen molar-refractivity contribution in [1.82, 2.24) is 24.6 Å². The second kappa shape index (κ2) is 8.26. The van der Waals surface area contributed by atoms with Gasteiger partial charge in [0.1, 0.15) is 4.83 Å². The largest absolute Gasteiger partial charge is 0.356 e. The molecule has 0 aromatic carbocycles. The predicted octanol–water partition coefficient (Wildman–Crippen LogP) is 2.38. The molecule has 0 saturated carbocycles. The lowest BCUT2D eigenvalue weighted by atomic mass is 9.97. The molecular formula is C20H25N5O2S. The highest BCUT2D eigenvalue weighted by Crippen LogP contribution is 2.33. The number of aromatic nitrogens is 4. The number of nitrogens with zero attached hydrogens (tertiary/aromatic N) is 4. The summed E-state index contributed by atoms with van der Waals surface area (Å²) in [5.74, 6) is 0.230. The van der Waals surface area contributed by atoms with E-state index < -0.39 is 0 Å². The lowest BCUT2D eigenvalue weighted by Crippen LogP contribution is -2.31. The molecule has 0 spiro atoms. The molecule has 7 nitrogen and oxygen atoms in total. The van der Waals surface area contributed by atoms with Gasteiger partial charge in [0, 0.05) is 43.3 Å². The van der Waals surface area contributed by atoms with E-state index >= 15 is 0 Å². The predicted molar refractivity (Wildman–Crippen MR) is 110 cm³/mol. The minimum Gasteiger partial charge on any atom is -0.356 e. The third-order valence-corrected chi connectivity index (χ3v) is 6.43. The highest BCUT2D eigenvalue weighted by atomic mass is 32.1. The van der Waals surface area contributed by atoms with Gasteiger partial charge in [-0.3, -0.25) is 18.8 Å². The third kappa shape index (κ3) is 4.01. The van der Waals surface area contributed by atoms with Crippen LogP contribution in [0.15, 0.2) is 29.6 Å². The quantitative estimate of drug-likeness (QED) is 0.661. The van der Waals surface area contributed by atoms with Crippen LogP contribution in [0.2, 0.25) is 0 Å². The molecule has 28 heavy (non-hydrogen) atoms. The van der Waals surface area contributed by atoms with E-state index in [2.05, 4.69) is 22.3 Å². The number of carbonyl (C=O) groups is 1. The fourth-order valence-electron chi connectivity index (χ4n) is 3.73. The van der Waals surface area contributed by atoms with Crippen molar-refractivity contribution in [2.45, 2.75) is 52.1 Å². The first-order valence-corrected chi connectivity index (χ1v) is 10.7. The summed E-state index contributed by atoms with van der Waals surface area (Å²) < 4.78 is 3.44. The van der Waals surface area contributed by atoms with Crippen LogP contribution in [0, 0.1) is 5.92 Å². The highest BCUT2D eigenvalue weighted by Gasteiger charge is 2.20. The second-order valence-corrected chi connectivity index (χ2v) is 8.61. The number of nitrogens with one attached hydrogen (secondary N) is 1. The van der Waals surface area contributed by atoms with Gasteiger partial charge in [0.05, 0.1) is 11.7 Å². The van der Waals surface area contributed by atoms with Gasteiger partial charge < -0.3 is 5.32 Å². The van der Waals surface area contributed by atoms with Gasteiger partial charge in [0.15, 0.2) is 0 Å². The Balaban J connectivity index is 1.35. The zero-order valence-corrected chi connectivity index (χ0v) is 16.9. The van der Waals surface area contributed by atoms with Crippen LogP contribution in [-0.2, 0) is 30.7 Å². The lowest BCUT2D eigenvalue weighted by molar-refractivity contribution is -0.121. The SMILES string of the molecule is CC(CNC(=O)CCn1cnc2sc3c(c2c1=O)CCCC3)Cn1cccn1. The molecular weight excluding hydrogens is 374 g/mol. The topological polar surface area (TPSA) is 81.8 Å². The monoisotopic (exact) mass is 399 g/mol. The summed E-state index contributed by atoms with van der Waals surface area (Å²) in [6.07, 6.45) is 9.85. The standard InChI is InChI=1S/C20H25N5O2S/c1-14(12-25-9-4-8-23-25)11-21-17(26)7-10-24-13-22-19-18(20(24)27)15-5-2-3-6-16(15)28-19/h4,8-9,13-14H,2-3,5-7,10-12H2,1H3,(H,21,26). The zero-order valence-electron chi connectivity index (χ0n) is 16.1.